The SMILES string of the molecule is Oc1ccc(-c2nc(CCc3ccc(-c4ccccc4F)cc3)no2)cc1. The van der Waals surface area contributed by atoms with Gasteiger partial charge in [-0.25, -0.2) is 4.39 Å². The molecule has 0 aliphatic heterocycles. The van der Waals surface area contributed by atoms with Gasteiger partial charge in [-0.15, -0.1) is 0 Å². The minimum Gasteiger partial charge on any atom is -0.508 e. The van der Waals surface area contributed by atoms with Crippen molar-refractivity contribution < 1.29 is 14.0 Å². The highest BCUT2D eigenvalue weighted by Crippen LogP contribution is 2.23. The van der Waals surface area contributed by atoms with Crippen LogP contribution in [0.4, 0.5) is 4.39 Å². The first-order chi connectivity index (χ1) is 13.2. The molecule has 1 aromatic heterocycles. The predicted octanol–water partition coefficient (Wildman–Crippen LogP) is 5.03. The summed E-state index contributed by atoms with van der Waals surface area (Å²) >= 11 is 0. The highest BCUT2D eigenvalue weighted by molar-refractivity contribution is 5.64. The lowest BCUT2D eigenvalue weighted by Gasteiger charge is -2.05. The third-order valence-electron chi connectivity index (χ3n) is 4.36. The fourth-order valence-corrected chi connectivity index (χ4v) is 2.88. The van der Waals surface area contributed by atoms with Crippen LogP contribution in [-0.2, 0) is 12.8 Å². The molecule has 1 heterocycles. The predicted molar refractivity (Wildman–Crippen MR) is 101 cm³/mol. The lowest BCUT2D eigenvalue weighted by molar-refractivity contribution is 0.422. The Labute approximate surface area is 155 Å². The first-order valence-electron chi connectivity index (χ1n) is 8.65. The molecule has 0 fully saturated rings. The second kappa shape index (κ2) is 7.41. The summed E-state index contributed by atoms with van der Waals surface area (Å²) in [5, 5.41) is 13.3. The quantitative estimate of drug-likeness (QED) is 0.542. The number of aryl methyl sites for hydroxylation is 2. The van der Waals surface area contributed by atoms with Gasteiger partial charge in [0, 0.05) is 17.5 Å². The minimum atomic E-state index is -0.223. The van der Waals surface area contributed by atoms with E-state index in [2.05, 4.69) is 10.1 Å². The van der Waals surface area contributed by atoms with Crippen LogP contribution in [0.3, 0.4) is 0 Å². The van der Waals surface area contributed by atoms with Crippen molar-refractivity contribution in [2.75, 3.05) is 0 Å². The van der Waals surface area contributed by atoms with E-state index in [-0.39, 0.29) is 11.6 Å². The van der Waals surface area contributed by atoms with E-state index in [1.54, 1.807) is 36.4 Å². The standard InChI is InChI=1S/C22H17FN2O2/c23-20-4-2-1-3-19(20)16-8-5-15(6-9-16)7-14-21-24-22(27-25-21)17-10-12-18(26)13-11-17/h1-6,8-13,26H,7,14H2. The number of hydrogen-bond donors (Lipinski definition) is 1. The van der Waals surface area contributed by atoms with Crippen LogP contribution in [0.2, 0.25) is 0 Å². The fourth-order valence-electron chi connectivity index (χ4n) is 2.88. The van der Waals surface area contributed by atoms with Crippen molar-refractivity contribution >= 4 is 0 Å². The van der Waals surface area contributed by atoms with Gasteiger partial charge < -0.3 is 9.63 Å². The van der Waals surface area contributed by atoms with Crippen LogP contribution in [-0.4, -0.2) is 15.2 Å². The van der Waals surface area contributed by atoms with Gasteiger partial charge in [-0.3, -0.25) is 0 Å². The minimum absolute atomic E-state index is 0.192. The maximum absolute atomic E-state index is 13.9. The Morgan fingerprint density at radius 1 is 0.815 bits per heavy atom. The van der Waals surface area contributed by atoms with Crippen molar-refractivity contribution in [3.8, 4) is 28.3 Å². The molecule has 0 aliphatic rings. The van der Waals surface area contributed by atoms with Gasteiger partial charge >= 0.3 is 0 Å². The van der Waals surface area contributed by atoms with E-state index in [0.717, 1.165) is 23.1 Å². The number of halogens is 1. The van der Waals surface area contributed by atoms with E-state index >= 15 is 0 Å². The molecule has 4 nitrogen and oxygen atoms in total. The second-order valence-electron chi connectivity index (χ2n) is 6.24. The zero-order valence-corrected chi connectivity index (χ0v) is 14.5. The van der Waals surface area contributed by atoms with E-state index in [1.165, 1.54) is 6.07 Å². The van der Waals surface area contributed by atoms with Crippen LogP contribution in [0, 0.1) is 5.82 Å². The largest absolute Gasteiger partial charge is 0.508 e. The van der Waals surface area contributed by atoms with Crippen LogP contribution in [0.1, 0.15) is 11.4 Å². The summed E-state index contributed by atoms with van der Waals surface area (Å²) in [6.45, 7) is 0. The number of phenols is 1. The number of benzene rings is 3. The first kappa shape index (κ1) is 17.0. The molecule has 1 N–H and O–H groups in total. The third kappa shape index (κ3) is 3.87. The van der Waals surface area contributed by atoms with Gasteiger partial charge in [0.05, 0.1) is 0 Å². The third-order valence-corrected chi connectivity index (χ3v) is 4.36. The number of aromatic hydroxyl groups is 1. The Hall–Kier alpha value is -3.47. The average molecular weight is 360 g/mol. The maximum atomic E-state index is 13.9. The van der Waals surface area contributed by atoms with Crippen LogP contribution in [0.15, 0.2) is 77.3 Å². The summed E-state index contributed by atoms with van der Waals surface area (Å²) in [6.07, 6.45) is 1.40. The lowest BCUT2D eigenvalue weighted by atomic mass is 10.0. The molecule has 0 spiro atoms. The number of aromatic nitrogens is 2. The summed E-state index contributed by atoms with van der Waals surface area (Å²) in [4.78, 5) is 4.39. The summed E-state index contributed by atoms with van der Waals surface area (Å²) < 4.78 is 19.2. The van der Waals surface area contributed by atoms with Gasteiger partial charge in [0.15, 0.2) is 5.82 Å². The highest BCUT2D eigenvalue weighted by Gasteiger charge is 2.09. The van der Waals surface area contributed by atoms with Gasteiger partial charge in [-0.05, 0) is 47.9 Å². The van der Waals surface area contributed by atoms with Crippen molar-refractivity contribution in [3.63, 3.8) is 0 Å². The Morgan fingerprint density at radius 2 is 1.52 bits per heavy atom. The normalized spacial score (nSPS) is 10.9. The molecule has 0 saturated heterocycles. The van der Waals surface area contributed by atoms with E-state index in [1.807, 2.05) is 30.3 Å². The van der Waals surface area contributed by atoms with Crippen molar-refractivity contribution in [1.29, 1.82) is 0 Å². The van der Waals surface area contributed by atoms with Gasteiger partial charge in [-0.2, -0.15) is 4.98 Å². The number of hydrogen-bond acceptors (Lipinski definition) is 4. The molecule has 0 atom stereocenters. The Morgan fingerprint density at radius 3 is 2.26 bits per heavy atom. The highest BCUT2D eigenvalue weighted by atomic mass is 19.1. The van der Waals surface area contributed by atoms with Gasteiger partial charge in [0.1, 0.15) is 11.6 Å². The molecule has 4 rings (SSSR count). The smallest absolute Gasteiger partial charge is 0.257 e. The Kier molecular flexibility index (Phi) is 4.66. The summed E-state index contributed by atoms with van der Waals surface area (Å²) in [6, 6.07) is 21.2. The zero-order valence-electron chi connectivity index (χ0n) is 14.5. The van der Waals surface area contributed by atoms with Crippen LogP contribution in [0.5, 0.6) is 5.75 Å². The van der Waals surface area contributed by atoms with E-state index < -0.39 is 0 Å². The van der Waals surface area contributed by atoms with E-state index in [4.69, 9.17) is 4.52 Å². The van der Waals surface area contributed by atoms with Crippen molar-refractivity contribution in [2.45, 2.75) is 12.8 Å². The molecule has 0 radical (unpaired) electrons. The summed E-state index contributed by atoms with van der Waals surface area (Å²) in [7, 11) is 0. The van der Waals surface area contributed by atoms with Gasteiger partial charge in [-0.1, -0.05) is 47.6 Å². The molecular weight excluding hydrogens is 343 g/mol. The van der Waals surface area contributed by atoms with E-state index in [9.17, 15) is 9.50 Å². The topological polar surface area (TPSA) is 59.2 Å². The second-order valence-corrected chi connectivity index (χ2v) is 6.24. The molecule has 0 amide bonds. The zero-order chi connectivity index (χ0) is 18.6. The van der Waals surface area contributed by atoms with Gasteiger partial charge in [0.25, 0.3) is 5.89 Å². The molecule has 0 bridgehead atoms. The van der Waals surface area contributed by atoms with Crippen LogP contribution in [0.25, 0.3) is 22.6 Å². The average Bonchev–Trinajstić information content (AvgIpc) is 3.17. The van der Waals surface area contributed by atoms with Crippen molar-refractivity contribution in [3.05, 3.63) is 90.0 Å². The fraction of sp³-hybridized carbons (Fsp3) is 0.0909. The number of rotatable bonds is 5. The molecule has 0 aliphatic carbocycles. The Bertz CT molecular complexity index is 1040. The summed E-state index contributed by atoms with van der Waals surface area (Å²) in [5.74, 6) is 1.02. The molecule has 27 heavy (non-hydrogen) atoms. The molecule has 0 saturated carbocycles. The molecule has 3 aromatic carbocycles. The summed E-state index contributed by atoms with van der Waals surface area (Å²) in [5.41, 5.74) is 3.33. The van der Waals surface area contributed by atoms with E-state index in [0.29, 0.717) is 23.7 Å². The van der Waals surface area contributed by atoms with Crippen LogP contribution < -0.4 is 0 Å². The van der Waals surface area contributed by atoms with Crippen LogP contribution >= 0.6 is 0 Å². The Balaban J connectivity index is 1.42. The molecule has 4 aromatic rings. The van der Waals surface area contributed by atoms with Crippen molar-refractivity contribution in [1.82, 2.24) is 10.1 Å². The molecule has 5 heteroatoms. The molecule has 0 unspecified atom stereocenters. The molecular formula is C22H17FN2O2. The number of nitrogens with zero attached hydrogens (tertiary/aromatic N) is 2. The lowest BCUT2D eigenvalue weighted by Crippen LogP contribution is -1.94. The first-order valence-corrected chi connectivity index (χ1v) is 8.65. The van der Waals surface area contributed by atoms with Crippen molar-refractivity contribution in [2.24, 2.45) is 0 Å². The van der Waals surface area contributed by atoms with Gasteiger partial charge in [0.2, 0.25) is 0 Å². The number of phenolic OH excluding ortho intramolecular Hbond substituents is 1. The monoisotopic (exact) mass is 360 g/mol. The molecule has 134 valence electrons. The maximum Gasteiger partial charge on any atom is 0.257 e.